The van der Waals surface area contributed by atoms with E-state index in [9.17, 15) is 14.4 Å². The van der Waals surface area contributed by atoms with Crippen LogP contribution in [0.15, 0.2) is 34.8 Å². The number of imide groups is 1. The van der Waals surface area contributed by atoms with Gasteiger partial charge in [-0.3, -0.25) is 10.1 Å². The van der Waals surface area contributed by atoms with E-state index in [1.165, 1.54) is 6.08 Å². The van der Waals surface area contributed by atoms with Crippen LogP contribution in [0.5, 0.6) is 0 Å². The van der Waals surface area contributed by atoms with Crippen molar-refractivity contribution in [2.45, 2.75) is 13.3 Å². The van der Waals surface area contributed by atoms with E-state index in [2.05, 4.69) is 26.6 Å². The fourth-order valence-corrected chi connectivity index (χ4v) is 1.63. The summed E-state index contributed by atoms with van der Waals surface area (Å²) in [4.78, 5) is 34.0. The second-order valence-corrected chi connectivity index (χ2v) is 5.21. The third kappa shape index (κ3) is 7.58. The molecule has 0 saturated heterocycles. The van der Waals surface area contributed by atoms with Crippen molar-refractivity contribution in [1.82, 2.24) is 10.6 Å². The molecule has 3 amide bonds. The van der Waals surface area contributed by atoms with Crippen LogP contribution < -0.4 is 10.6 Å². The minimum atomic E-state index is -0.681. The van der Waals surface area contributed by atoms with E-state index < -0.39 is 24.5 Å². The van der Waals surface area contributed by atoms with E-state index in [0.29, 0.717) is 6.54 Å². The predicted molar refractivity (Wildman–Crippen MR) is 86.0 cm³/mol. The molecule has 0 radical (unpaired) electrons. The third-order valence-corrected chi connectivity index (χ3v) is 2.94. The van der Waals surface area contributed by atoms with E-state index in [1.54, 1.807) is 6.08 Å². The molecule has 0 spiro atoms. The molecule has 0 atom stereocenters. The summed E-state index contributed by atoms with van der Waals surface area (Å²) in [5, 5.41) is 4.53. The number of ether oxygens (including phenoxy) is 1. The Kier molecular flexibility index (Phi) is 7.91. The Morgan fingerprint density at radius 2 is 1.91 bits per heavy atom. The van der Waals surface area contributed by atoms with Crippen LogP contribution in [0.4, 0.5) is 4.79 Å². The number of rotatable bonds is 6. The van der Waals surface area contributed by atoms with Crippen LogP contribution in [-0.4, -0.2) is 31.1 Å². The summed E-state index contributed by atoms with van der Waals surface area (Å²) in [6.07, 6.45) is 3.55. The summed E-state index contributed by atoms with van der Waals surface area (Å²) in [5.41, 5.74) is 0.823. The molecule has 7 heteroatoms. The molecule has 0 saturated carbocycles. The Labute approximate surface area is 137 Å². The second kappa shape index (κ2) is 9.73. The Morgan fingerprint density at radius 1 is 1.23 bits per heavy atom. The number of hydrogen-bond donors (Lipinski definition) is 2. The molecule has 0 unspecified atom stereocenters. The van der Waals surface area contributed by atoms with Crippen LogP contribution in [0.2, 0.25) is 0 Å². The molecule has 0 aliphatic heterocycles. The maximum absolute atomic E-state index is 11.4. The molecule has 0 heterocycles. The number of nitrogens with one attached hydrogen (secondary N) is 2. The van der Waals surface area contributed by atoms with Crippen molar-refractivity contribution in [1.29, 1.82) is 0 Å². The maximum Gasteiger partial charge on any atom is 0.331 e. The van der Waals surface area contributed by atoms with Crippen LogP contribution >= 0.6 is 15.9 Å². The molecule has 1 aromatic carbocycles. The number of hydrogen-bond acceptors (Lipinski definition) is 4. The largest absolute Gasteiger partial charge is 0.452 e. The fourth-order valence-electron chi connectivity index (χ4n) is 1.37. The summed E-state index contributed by atoms with van der Waals surface area (Å²) < 4.78 is 5.66. The summed E-state index contributed by atoms with van der Waals surface area (Å²) in [7, 11) is 0. The Balaban J connectivity index is 2.31. The van der Waals surface area contributed by atoms with Gasteiger partial charge in [0.1, 0.15) is 0 Å². The summed E-state index contributed by atoms with van der Waals surface area (Å²) in [5.74, 6) is -1.34. The molecule has 118 valence electrons. The molecule has 2 N–H and O–H groups in total. The monoisotopic (exact) mass is 368 g/mol. The molecule has 22 heavy (non-hydrogen) atoms. The number of carbonyl (C=O) groups excluding carboxylic acids is 3. The SMILES string of the molecule is CCCNC(=O)NC(=O)COC(=O)/C=C/c1ccc(Br)cc1. The fraction of sp³-hybridized carbons (Fsp3) is 0.267. The molecular formula is C15H17BrN2O4. The molecular weight excluding hydrogens is 352 g/mol. The summed E-state index contributed by atoms with van der Waals surface area (Å²) >= 11 is 3.31. The van der Waals surface area contributed by atoms with Crippen molar-refractivity contribution in [3.63, 3.8) is 0 Å². The van der Waals surface area contributed by atoms with Crippen molar-refractivity contribution in [3.8, 4) is 0 Å². The van der Waals surface area contributed by atoms with Gasteiger partial charge in [0.2, 0.25) is 0 Å². The van der Waals surface area contributed by atoms with Gasteiger partial charge >= 0.3 is 12.0 Å². The first-order valence-corrected chi connectivity index (χ1v) is 7.48. The summed E-state index contributed by atoms with van der Waals surface area (Å²) in [6.45, 7) is 1.85. The van der Waals surface area contributed by atoms with E-state index in [4.69, 9.17) is 4.74 Å². The van der Waals surface area contributed by atoms with E-state index in [0.717, 1.165) is 16.5 Å². The van der Waals surface area contributed by atoms with Gasteiger partial charge in [0.05, 0.1) is 0 Å². The zero-order valence-corrected chi connectivity index (χ0v) is 13.7. The molecule has 1 rings (SSSR count). The van der Waals surface area contributed by atoms with E-state index >= 15 is 0 Å². The highest BCUT2D eigenvalue weighted by Gasteiger charge is 2.08. The van der Waals surface area contributed by atoms with Crippen molar-refractivity contribution in [3.05, 3.63) is 40.4 Å². The lowest BCUT2D eigenvalue weighted by molar-refractivity contribution is -0.143. The maximum atomic E-state index is 11.4. The smallest absolute Gasteiger partial charge is 0.331 e. The van der Waals surface area contributed by atoms with Crippen molar-refractivity contribution in [2.24, 2.45) is 0 Å². The minimum Gasteiger partial charge on any atom is -0.452 e. The second-order valence-electron chi connectivity index (χ2n) is 4.30. The van der Waals surface area contributed by atoms with Gasteiger partial charge in [0.15, 0.2) is 6.61 Å². The van der Waals surface area contributed by atoms with Gasteiger partial charge in [-0.05, 0) is 30.2 Å². The average Bonchev–Trinajstić information content (AvgIpc) is 2.50. The zero-order chi connectivity index (χ0) is 16.4. The molecule has 0 aliphatic carbocycles. The first kappa shape index (κ1) is 17.9. The van der Waals surface area contributed by atoms with Crippen LogP contribution in [0.1, 0.15) is 18.9 Å². The van der Waals surface area contributed by atoms with Gasteiger partial charge in [-0.1, -0.05) is 35.0 Å². The van der Waals surface area contributed by atoms with Gasteiger partial charge in [0.25, 0.3) is 5.91 Å². The Bertz CT molecular complexity index is 555. The molecule has 1 aromatic rings. The van der Waals surface area contributed by atoms with Gasteiger partial charge in [-0.15, -0.1) is 0 Å². The van der Waals surface area contributed by atoms with Crippen molar-refractivity contribution in [2.75, 3.05) is 13.2 Å². The topological polar surface area (TPSA) is 84.5 Å². The Hall–Kier alpha value is -2.15. The lowest BCUT2D eigenvalue weighted by atomic mass is 10.2. The van der Waals surface area contributed by atoms with Gasteiger partial charge in [0, 0.05) is 17.1 Å². The highest BCUT2D eigenvalue weighted by atomic mass is 79.9. The standard InChI is InChI=1S/C15H17BrN2O4/c1-2-9-17-15(21)18-13(19)10-22-14(20)8-5-11-3-6-12(16)7-4-11/h3-8H,2,9-10H2,1H3,(H2,17,18,19,21)/b8-5+. The van der Waals surface area contributed by atoms with Gasteiger partial charge in [-0.2, -0.15) is 0 Å². The van der Waals surface area contributed by atoms with E-state index in [1.807, 2.05) is 31.2 Å². The summed E-state index contributed by atoms with van der Waals surface area (Å²) in [6, 6.07) is 6.71. The highest BCUT2D eigenvalue weighted by Crippen LogP contribution is 2.11. The number of amides is 3. The molecule has 0 aromatic heterocycles. The molecule has 0 fully saturated rings. The lowest BCUT2D eigenvalue weighted by Crippen LogP contribution is -2.41. The predicted octanol–water partition coefficient (Wildman–Crippen LogP) is 2.24. The van der Waals surface area contributed by atoms with Crippen LogP contribution in [0.3, 0.4) is 0 Å². The van der Waals surface area contributed by atoms with Crippen LogP contribution in [0.25, 0.3) is 6.08 Å². The number of benzene rings is 1. The van der Waals surface area contributed by atoms with Gasteiger partial charge < -0.3 is 10.1 Å². The number of carbonyl (C=O) groups is 3. The Morgan fingerprint density at radius 3 is 2.55 bits per heavy atom. The first-order chi connectivity index (χ1) is 10.5. The quantitative estimate of drug-likeness (QED) is 0.595. The van der Waals surface area contributed by atoms with Crippen molar-refractivity contribution >= 4 is 39.9 Å². The third-order valence-electron chi connectivity index (χ3n) is 2.42. The molecule has 0 bridgehead atoms. The highest BCUT2D eigenvalue weighted by molar-refractivity contribution is 9.10. The van der Waals surface area contributed by atoms with Crippen LogP contribution in [-0.2, 0) is 14.3 Å². The normalized spacial score (nSPS) is 10.3. The number of halogens is 1. The molecule has 0 aliphatic rings. The number of urea groups is 1. The molecule has 6 nitrogen and oxygen atoms in total. The van der Waals surface area contributed by atoms with Crippen molar-refractivity contribution < 1.29 is 19.1 Å². The minimum absolute atomic E-state index is 0.467. The first-order valence-electron chi connectivity index (χ1n) is 6.69. The lowest BCUT2D eigenvalue weighted by Gasteiger charge is -2.05. The van der Waals surface area contributed by atoms with Gasteiger partial charge in [-0.25, -0.2) is 9.59 Å². The van der Waals surface area contributed by atoms with Crippen LogP contribution in [0, 0.1) is 0 Å². The zero-order valence-electron chi connectivity index (χ0n) is 12.1. The number of esters is 1. The average molecular weight is 369 g/mol. The van der Waals surface area contributed by atoms with E-state index in [-0.39, 0.29) is 0 Å².